The van der Waals surface area contributed by atoms with E-state index in [4.69, 9.17) is 4.74 Å². The highest BCUT2D eigenvalue weighted by molar-refractivity contribution is 8.16. The molecule has 4 nitrogen and oxygen atoms in total. The molecule has 2 fully saturated rings. The quantitative estimate of drug-likeness (QED) is 0.742. The van der Waals surface area contributed by atoms with Crippen molar-refractivity contribution in [3.63, 3.8) is 0 Å². The zero-order chi connectivity index (χ0) is 19.9. The zero-order valence-corrected chi connectivity index (χ0v) is 18.3. The van der Waals surface area contributed by atoms with Gasteiger partial charge in [-0.3, -0.25) is 9.69 Å². The second-order valence-corrected chi connectivity index (χ2v) is 10.1. The van der Waals surface area contributed by atoms with Crippen LogP contribution in [0.3, 0.4) is 0 Å². The highest BCUT2D eigenvalue weighted by Gasteiger charge is 2.17. The van der Waals surface area contributed by atoms with Gasteiger partial charge in [0.25, 0.3) is 5.91 Å². The van der Waals surface area contributed by atoms with Crippen LogP contribution in [0.2, 0.25) is 0 Å². The van der Waals surface area contributed by atoms with Gasteiger partial charge in [-0.15, -0.1) is 23.5 Å². The van der Waals surface area contributed by atoms with Crippen LogP contribution in [0.25, 0.3) is 0 Å². The van der Waals surface area contributed by atoms with Gasteiger partial charge in [0, 0.05) is 31.7 Å². The zero-order valence-electron chi connectivity index (χ0n) is 16.6. The number of hydrogen-bond acceptors (Lipinski definition) is 5. The van der Waals surface area contributed by atoms with Crippen LogP contribution < -0.4 is 5.32 Å². The van der Waals surface area contributed by atoms with Gasteiger partial charge in [-0.2, -0.15) is 0 Å². The van der Waals surface area contributed by atoms with Crippen molar-refractivity contribution in [3.8, 4) is 0 Å². The Hall–Kier alpha value is -1.47. The Bertz CT molecular complexity index is 801. The first-order valence-electron chi connectivity index (χ1n) is 10.3. The van der Waals surface area contributed by atoms with Gasteiger partial charge < -0.3 is 10.1 Å². The Labute approximate surface area is 181 Å². The van der Waals surface area contributed by atoms with Gasteiger partial charge in [-0.1, -0.05) is 36.4 Å². The van der Waals surface area contributed by atoms with Gasteiger partial charge in [0.15, 0.2) is 0 Å². The third-order valence-corrected chi connectivity index (χ3v) is 8.34. The van der Waals surface area contributed by atoms with Crippen molar-refractivity contribution < 1.29 is 9.53 Å². The molecule has 2 aliphatic rings. The van der Waals surface area contributed by atoms with E-state index in [9.17, 15) is 4.79 Å². The molecular formula is C23H28N2O2S2. The van der Waals surface area contributed by atoms with E-state index in [2.05, 4.69) is 40.5 Å². The van der Waals surface area contributed by atoms with Crippen LogP contribution in [-0.2, 0) is 17.8 Å². The first kappa shape index (κ1) is 20.8. The average molecular weight is 429 g/mol. The van der Waals surface area contributed by atoms with E-state index >= 15 is 0 Å². The van der Waals surface area contributed by atoms with Gasteiger partial charge >= 0.3 is 0 Å². The van der Waals surface area contributed by atoms with Crippen LogP contribution in [0.1, 0.15) is 38.1 Å². The third-order valence-electron chi connectivity index (χ3n) is 5.33. The molecule has 0 aliphatic carbocycles. The first-order valence-corrected chi connectivity index (χ1v) is 12.4. The predicted octanol–water partition coefficient (Wildman–Crippen LogP) is 4.32. The Morgan fingerprint density at radius 2 is 1.69 bits per heavy atom. The van der Waals surface area contributed by atoms with E-state index in [1.54, 1.807) is 0 Å². The molecule has 0 unspecified atom stereocenters. The van der Waals surface area contributed by atoms with Crippen molar-refractivity contribution >= 4 is 29.4 Å². The van der Waals surface area contributed by atoms with E-state index in [0.29, 0.717) is 11.1 Å². The summed E-state index contributed by atoms with van der Waals surface area (Å²) in [4.78, 5) is 15.1. The fourth-order valence-electron chi connectivity index (χ4n) is 3.63. The molecular weight excluding hydrogens is 400 g/mol. The number of amides is 1. The summed E-state index contributed by atoms with van der Waals surface area (Å²) < 4.78 is 5.95. The number of ether oxygens (including phenoxy) is 1. The van der Waals surface area contributed by atoms with Crippen LogP contribution in [-0.4, -0.2) is 48.6 Å². The number of carbonyl (C=O) groups is 1. The maximum Gasteiger partial charge on any atom is 0.251 e. The number of morpholine rings is 1. The third kappa shape index (κ3) is 5.79. The van der Waals surface area contributed by atoms with Crippen molar-refractivity contribution in [2.24, 2.45) is 0 Å². The van der Waals surface area contributed by atoms with Gasteiger partial charge in [0.05, 0.1) is 17.8 Å². The van der Waals surface area contributed by atoms with Crippen LogP contribution in [0.4, 0.5) is 0 Å². The summed E-state index contributed by atoms with van der Waals surface area (Å²) >= 11 is 4.01. The Kier molecular flexibility index (Phi) is 7.55. The minimum absolute atomic E-state index is 0.0123. The highest BCUT2D eigenvalue weighted by Crippen LogP contribution is 2.43. The molecule has 0 atom stereocenters. The summed E-state index contributed by atoms with van der Waals surface area (Å²) in [5, 5.41) is 3.10. The highest BCUT2D eigenvalue weighted by atomic mass is 32.2. The largest absolute Gasteiger partial charge is 0.379 e. The molecule has 0 aromatic heterocycles. The molecule has 2 saturated heterocycles. The molecule has 29 heavy (non-hydrogen) atoms. The summed E-state index contributed by atoms with van der Waals surface area (Å²) in [6, 6.07) is 16.5. The molecule has 2 aromatic carbocycles. The summed E-state index contributed by atoms with van der Waals surface area (Å²) in [6.45, 7) is 4.98. The lowest BCUT2D eigenvalue weighted by Crippen LogP contribution is -2.36. The number of rotatable bonds is 6. The minimum Gasteiger partial charge on any atom is -0.379 e. The average Bonchev–Trinajstić information content (AvgIpc) is 2.80. The molecule has 0 spiro atoms. The van der Waals surface area contributed by atoms with Gasteiger partial charge in [0.1, 0.15) is 0 Å². The number of hydrogen-bond donors (Lipinski definition) is 1. The van der Waals surface area contributed by atoms with Gasteiger partial charge in [0.2, 0.25) is 0 Å². The Balaban J connectivity index is 1.34. The molecule has 154 valence electrons. The number of nitrogens with one attached hydrogen (secondary N) is 1. The van der Waals surface area contributed by atoms with E-state index in [-0.39, 0.29) is 5.91 Å². The normalized spacial score (nSPS) is 18.5. The van der Waals surface area contributed by atoms with Crippen LogP contribution in [0.15, 0.2) is 48.5 Å². The number of carbonyl (C=O) groups excluding carboxylic acids is 1. The molecule has 0 saturated carbocycles. The second-order valence-electron chi connectivity index (χ2n) is 7.39. The van der Waals surface area contributed by atoms with E-state index in [0.717, 1.165) is 38.4 Å². The molecule has 2 aliphatic heterocycles. The molecule has 0 radical (unpaired) electrons. The number of benzene rings is 2. The molecule has 4 rings (SSSR count). The number of nitrogens with zero attached hydrogens (tertiary/aromatic N) is 1. The second kappa shape index (κ2) is 10.5. The van der Waals surface area contributed by atoms with Crippen molar-refractivity contribution in [2.75, 3.05) is 37.8 Å². The molecule has 1 amide bonds. The maximum atomic E-state index is 12.7. The standard InChI is InChI=1S/C23H28N2O2S2/c26-22(18-6-8-19(9-7-18)23-28-14-3-15-29-23)24-16-20-4-1-2-5-21(20)17-25-10-12-27-13-11-25/h1-2,4-9,23H,3,10-17H2,(H,24,26). The minimum atomic E-state index is -0.0123. The fraction of sp³-hybridized carbons (Fsp3) is 0.435. The Morgan fingerprint density at radius 1 is 1.00 bits per heavy atom. The topological polar surface area (TPSA) is 41.6 Å². The summed E-state index contributed by atoms with van der Waals surface area (Å²) in [7, 11) is 0. The van der Waals surface area contributed by atoms with E-state index < -0.39 is 0 Å². The van der Waals surface area contributed by atoms with E-state index in [1.807, 2.05) is 41.7 Å². The number of thioether (sulfide) groups is 2. The van der Waals surface area contributed by atoms with E-state index in [1.165, 1.54) is 34.6 Å². The molecule has 0 bridgehead atoms. The lowest BCUT2D eigenvalue weighted by Gasteiger charge is -2.27. The lowest BCUT2D eigenvalue weighted by molar-refractivity contribution is 0.0340. The SMILES string of the molecule is O=C(NCc1ccccc1CN1CCOCC1)c1ccc(C2SCCCS2)cc1. The maximum absolute atomic E-state index is 12.7. The van der Waals surface area contributed by atoms with Crippen molar-refractivity contribution in [2.45, 2.75) is 24.1 Å². The van der Waals surface area contributed by atoms with Crippen LogP contribution in [0.5, 0.6) is 0 Å². The summed E-state index contributed by atoms with van der Waals surface area (Å²) in [5.74, 6) is 2.44. The molecule has 2 heterocycles. The lowest BCUT2D eigenvalue weighted by atomic mass is 10.1. The van der Waals surface area contributed by atoms with Crippen LogP contribution in [0, 0.1) is 0 Å². The smallest absolute Gasteiger partial charge is 0.251 e. The van der Waals surface area contributed by atoms with Gasteiger partial charge in [-0.25, -0.2) is 0 Å². The Morgan fingerprint density at radius 3 is 2.41 bits per heavy atom. The summed E-state index contributed by atoms with van der Waals surface area (Å²) in [5.41, 5.74) is 4.49. The molecule has 1 N–H and O–H groups in total. The summed E-state index contributed by atoms with van der Waals surface area (Å²) in [6.07, 6.45) is 1.29. The monoisotopic (exact) mass is 428 g/mol. The van der Waals surface area contributed by atoms with Crippen LogP contribution >= 0.6 is 23.5 Å². The predicted molar refractivity (Wildman–Crippen MR) is 122 cm³/mol. The first-order chi connectivity index (χ1) is 14.3. The molecule has 2 aromatic rings. The van der Waals surface area contributed by atoms with Crippen molar-refractivity contribution in [1.29, 1.82) is 0 Å². The van der Waals surface area contributed by atoms with Gasteiger partial charge in [-0.05, 0) is 46.7 Å². The fourth-order valence-corrected chi connectivity index (χ4v) is 6.53. The van der Waals surface area contributed by atoms with Crippen molar-refractivity contribution in [1.82, 2.24) is 10.2 Å². The van der Waals surface area contributed by atoms with Crippen molar-refractivity contribution in [3.05, 3.63) is 70.8 Å². The molecule has 6 heteroatoms.